The monoisotopic (exact) mass is 280 g/mol. The van der Waals surface area contributed by atoms with Crippen molar-refractivity contribution < 1.29 is 19.4 Å². The minimum atomic E-state index is -1.06. The number of hydrogen-bond donors (Lipinski definition) is 1. The zero-order valence-electron chi connectivity index (χ0n) is 10.3. The second-order valence-corrected chi connectivity index (χ2v) is 4.04. The van der Waals surface area contributed by atoms with Gasteiger partial charge in [-0.15, -0.1) is 0 Å². The van der Waals surface area contributed by atoms with E-state index < -0.39 is 11.9 Å². The summed E-state index contributed by atoms with van der Waals surface area (Å²) in [7, 11) is 0. The molecule has 0 amide bonds. The molecule has 0 saturated heterocycles. The van der Waals surface area contributed by atoms with Crippen molar-refractivity contribution in [1.29, 1.82) is 0 Å². The van der Waals surface area contributed by atoms with Crippen LogP contribution in [0.1, 0.15) is 26.3 Å². The summed E-state index contributed by atoms with van der Waals surface area (Å²) in [6.07, 6.45) is 0. The van der Waals surface area contributed by atoms with E-state index in [-0.39, 0.29) is 40.9 Å². The average Bonchev–Trinajstić information content (AvgIpc) is 2.42. The fourth-order valence-electron chi connectivity index (χ4n) is 1.58. The maximum absolute atomic E-state index is 11.9. The quantitative estimate of drug-likeness (QED) is 0.532. The van der Waals surface area contributed by atoms with Crippen LogP contribution >= 0.6 is 0 Å². The number of esters is 1. The number of aryl methyl sites for hydroxylation is 1. The Kier molecular flexibility index (Phi) is 5.95. The Hall–Kier alpha value is -1.62. The molecule has 20 heavy (non-hydrogen) atoms. The van der Waals surface area contributed by atoms with Crippen molar-refractivity contribution in [3.8, 4) is 5.75 Å². The predicted molar refractivity (Wildman–Crippen MR) is 76.7 cm³/mol. The van der Waals surface area contributed by atoms with Crippen molar-refractivity contribution in [2.24, 2.45) is 0 Å². The maximum atomic E-state index is 11.9. The summed E-state index contributed by atoms with van der Waals surface area (Å²) in [5, 5.41) is 8.91. The van der Waals surface area contributed by atoms with Crippen LogP contribution in [0.15, 0.2) is 48.5 Å². The van der Waals surface area contributed by atoms with E-state index in [0.717, 1.165) is 0 Å². The molecule has 2 aromatic rings. The molecule has 1 N–H and O–H groups in total. The second kappa shape index (κ2) is 7.24. The van der Waals surface area contributed by atoms with Gasteiger partial charge in [-0.25, -0.2) is 9.59 Å². The summed E-state index contributed by atoms with van der Waals surface area (Å²) >= 11 is 0. The first-order chi connectivity index (χ1) is 9.08. The van der Waals surface area contributed by atoms with Crippen molar-refractivity contribution in [3.05, 3.63) is 65.2 Å². The van der Waals surface area contributed by atoms with Crippen LogP contribution in [-0.2, 0) is 0 Å². The third kappa shape index (κ3) is 3.93. The molecule has 0 saturated carbocycles. The molecule has 0 atom stereocenters. The number of aromatic carboxylic acids is 1. The Balaban J connectivity index is 0.00000200. The van der Waals surface area contributed by atoms with Gasteiger partial charge in [0.2, 0.25) is 0 Å². The Bertz CT molecular complexity index is 623. The summed E-state index contributed by atoms with van der Waals surface area (Å²) in [6.45, 7) is 1.75. The topological polar surface area (TPSA) is 63.6 Å². The predicted octanol–water partition coefficient (Wildman–Crippen LogP) is 2.26. The van der Waals surface area contributed by atoms with Gasteiger partial charge in [0.1, 0.15) is 5.75 Å². The molecule has 0 bridgehead atoms. The molecule has 5 heteroatoms. The summed E-state index contributed by atoms with van der Waals surface area (Å²) in [6, 6.07) is 13.0. The van der Waals surface area contributed by atoms with Crippen molar-refractivity contribution >= 4 is 41.5 Å². The van der Waals surface area contributed by atoms with Crippen LogP contribution in [0, 0.1) is 6.92 Å². The van der Waals surface area contributed by atoms with Crippen molar-refractivity contribution in [3.63, 3.8) is 0 Å². The number of carboxylic acids is 1. The first-order valence-electron chi connectivity index (χ1n) is 5.69. The van der Waals surface area contributed by atoms with Gasteiger partial charge in [-0.1, -0.05) is 24.3 Å². The number of carbonyl (C=O) groups is 2. The molecular formula is C15H13NaO4. The number of carboxylic acid groups (broad SMARTS) is 1. The van der Waals surface area contributed by atoms with Crippen LogP contribution in [0.5, 0.6) is 5.75 Å². The fourth-order valence-corrected chi connectivity index (χ4v) is 1.58. The van der Waals surface area contributed by atoms with E-state index in [9.17, 15) is 9.59 Å². The third-order valence-corrected chi connectivity index (χ3v) is 2.65. The van der Waals surface area contributed by atoms with E-state index in [0.29, 0.717) is 11.1 Å². The van der Waals surface area contributed by atoms with Gasteiger partial charge >= 0.3 is 41.5 Å². The van der Waals surface area contributed by atoms with Crippen LogP contribution in [0.2, 0.25) is 0 Å². The minimum absolute atomic E-state index is 0. The van der Waals surface area contributed by atoms with Crippen LogP contribution in [-0.4, -0.2) is 46.6 Å². The van der Waals surface area contributed by atoms with Crippen molar-refractivity contribution in [2.45, 2.75) is 6.92 Å². The van der Waals surface area contributed by atoms with E-state index in [1.165, 1.54) is 12.1 Å². The van der Waals surface area contributed by atoms with Gasteiger partial charge in [0.25, 0.3) is 0 Å². The first-order valence-corrected chi connectivity index (χ1v) is 5.69. The number of hydrogen-bond acceptors (Lipinski definition) is 3. The van der Waals surface area contributed by atoms with Crippen LogP contribution in [0.4, 0.5) is 0 Å². The van der Waals surface area contributed by atoms with Gasteiger partial charge in [-0.05, 0) is 36.8 Å². The molecule has 0 radical (unpaired) electrons. The molecule has 4 nitrogen and oxygen atoms in total. The summed E-state index contributed by atoms with van der Waals surface area (Å²) in [5.74, 6) is -1.31. The average molecular weight is 280 g/mol. The molecule has 0 aliphatic heterocycles. The van der Waals surface area contributed by atoms with E-state index in [2.05, 4.69) is 0 Å². The molecule has 98 valence electrons. The third-order valence-electron chi connectivity index (χ3n) is 2.65. The molecule has 0 heterocycles. The standard InChI is InChI=1S/C15H12O4.Na.H/c1-10-7-8-12(14(16)17)9-13(10)19-15(18)11-5-3-2-4-6-11;;/h2-9H,1H3,(H,16,17);;. The van der Waals surface area contributed by atoms with Crippen molar-refractivity contribution in [1.82, 2.24) is 0 Å². The molecular weight excluding hydrogens is 267 g/mol. The Labute approximate surface area is 138 Å². The van der Waals surface area contributed by atoms with Gasteiger partial charge in [0, 0.05) is 0 Å². The van der Waals surface area contributed by atoms with Crippen molar-refractivity contribution in [2.75, 3.05) is 0 Å². The molecule has 0 unspecified atom stereocenters. The number of carbonyl (C=O) groups excluding carboxylic acids is 1. The number of ether oxygens (including phenoxy) is 1. The summed E-state index contributed by atoms with van der Waals surface area (Å²) in [5.41, 5.74) is 1.21. The van der Waals surface area contributed by atoms with Crippen LogP contribution < -0.4 is 4.74 Å². The normalized spacial score (nSPS) is 9.45. The second-order valence-electron chi connectivity index (χ2n) is 4.04. The Morgan fingerprint density at radius 2 is 1.65 bits per heavy atom. The molecule has 0 aliphatic carbocycles. The zero-order valence-corrected chi connectivity index (χ0v) is 10.3. The molecule has 2 aromatic carbocycles. The van der Waals surface area contributed by atoms with E-state index in [4.69, 9.17) is 9.84 Å². The molecule has 2 rings (SSSR count). The Morgan fingerprint density at radius 3 is 2.25 bits per heavy atom. The number of benzene rings is 2. The van der Waals surface area contributed by atoms with Crippen LogP contribution in [0.3, 0.4) is 0 Å². The van der Waals surface area contributed by atoms with Gasteiger partial charge in [0.15, 0.2) is 0 Å². The summed E-state index contributed by atoms with van der Waals surface area (Å²) < 4.78 is 5.22. The van der Waals surface area contributed by atoms with Gasteiger partial charge in [-0.3, -0.25) is 0 Å². The molecule has 0 fully saturated rings. The first kappa shape index (κ1) is 16.4. The van der Waals surface area contributed by atoms with Gasteiger partial charge in [0.05, 0.1) is 11.1 Å². The fraction of sp³-hybridized carbons (Fsp3) is 0.0667. The Morgan fingerprint density at radius 1 is 1.00 bits per heavy atom. The van der Waals surface area contributed by atoms with Gasteiger partial charge in [-0.2, -0.15) is 0 Å². The van der Waals surface area contributed by atoms with E-state index in [1.54, 1.807) is 43.3 Å². The molecule has 0 aliphatic rings. The SMILES string of the molecule is Cc1ccc(C(=O)O)cc1OC(=O)c1ccccc1.[NaH]. The summed E-state index contributed by atoms with van der Waals surface area (Å²) in [4.78, 5) is 22.8. The number of rotatable bonds is 3. The molecule has 0 aromatic heterocycles. The van der Waals surface area contributed by atoms with E-state index >= 15 is 0 Å². The van der Waals surface area contributed by atoms with Crippen LogP contribution in [0.25, 0.3) is 0 Å². The molecule has 0 spiro atoms. The zero-order chi connectivity index (χ0) is 13.8. The van der Waals surface area contributed by atoms with Gasteiger partial charge < -0.3 is 9.84 Å². The van der Waals surface area contributed by atoms with E-state index in [1.807, 2.05) is 0 Å².